The van der Waals surface area contributed by atoms with E-state index < -0.39 is 32.0 Å². The highest BCUT2D eigenvalue weighted by atomic mass is 32.2. The van der Waals surface area contributed by atoms with E-state index in [1.165, 1.54) is 41.0 Å². The number of nitrogens with one attached hydrogen (secondary N) is 3. The van der Waals surface area contributed by atoms with E-state index in [-0.39, 0.29) is 24.6 Å². The highest BCUT2D eigenvalue weighted by molar-refractivity contribution is 7.92. The number of fused-ring (bicyclic) bond motifs is 1. The maximum absolute atomic E-state index is 13.8. The standard InChI is InChI=1S/C23H19FN4O5S/c24-18-6-2-4-8-20(18)34(32,33)27-16-11-9-15(10-12-16)25-21(29)13-14-28-19-7-3-1-5-17(19)22(30)26-23(28)31/h1-12,27H,13-14H2,(H,25,29)(H,26,30,31). The molecule has 1 amide bonds. The molecule has 0 spiro atoms. The summed E-state index contributed by atoms with van der Waals surface area (Å²) in [4.78, 5) is 38.3. The van der Waals surface area contributed by atoms with Gasteiger partial charge in [-0.3, -0.25) is 23.9 Å². The molecular formula is C23H19FN4O5S. The molecule has 0 aliphatic heterocycles. The van der Waals surface area contributed by atoms with Crippen molar-refractivity contribution < 1.29 is 17.6 Å². The van der Waals surface area contributed by atoms with Gasteiger partial charge in [0.05, 0.1) is 10.9 Å². The molecule has 0 aliphatic rings. The van der Waals surface area contributed by atoms with E-state index in [9.17, 15) is 27.2 Å². The monoisotopic (exact) mass is 482 g/mol. The van der Waals surface area contributed by atoms with Crippen molar-refractivity contribution in [2.45, 2.75) is 17.9 Å². The number of sulfonamides is 1. The Kier molecular flexibility index (Phi) is 6.28. The largest absolute Gasteiger partial charge is 0.328 e. The molecule has 1 heterocycles. The van der Waals surface area contributed by atoms with Gasteiger partial charge in [-0.25, -0.2) is 17.6 Å². The predicted molar refractivity (Wildman–Crippen MR) is 126 cm³/mol. The highest BCUT2D eigenvalue weighted by Gasteiger charge is 2.18. The zero-order chi connectivity index (χ0) is 24.3. The number of H-pyrrole nitrogens is 1. The van der Waals surface area contributed by atoms with Crippen LogP contribution in [0.1, 0.15) is 6.42 Å². The van der Waals surface area contributed by atoms with Crippen molar-refractivity contribution in [3.05, 3.63) is 99.5 Å². The van der Waals surface area contributed by atoms with Crippen LogP contribution in [0.4, 0.5) is 15.8 Å². The van der Waals surface area contributed by atoms with E-state index in [1.807, 2.05) is 0 Å². The molecule has 0 unspecified atom stereocenters. The van der Waals surface area contributed by atoms with Crippen molar-refractivity contribution in [1.82, 2.24) is 9.55 Å². The number of para-hydroxylation sites is 1. The SMILES string of the molecule is O=C(CCn1c(=O)[nH]c(=O)c2ccccc21)Nc1ccc(NS(=O)(=O)c2ccccc2F)cc1. The Morgan fingerprint density at radius 1 is 0.912 bits per heavy atom. The Morgan fingerprint density at radius 3 is 2.29 bits per heavy atom. The van der Waals surface area contributed by atoms with E-state index in [4.69, 9.17) is 0 Å². The van der Waals surface area contributed by atoms with Crippen molar-refractivity contribution in [3.8, 4) is 0 Å². The number of rotatable bonds is 7. The average molecular weight is 482 g/mol. The van der Waals surface area contributed by atoms with Gasteiger partial charge in [0.25, 0.3) is 15.6 Å². The topological polar surface area (TPSA) is 130 Å². The first kappa shape index (κ1) is 22.9. The lowest BCUT2D eigenvalue weighted by Gasteiger charge is -2.11. The van der Waals surface area contributed by atoms with Gasteiger partial charge in [-0.05, 0) is 48.5 Å². The predicted octanol–water partition coefficient (Wildman–Crippen LogP) is 2.66. The lowest BCUT2D eigenvalue weighted by molar-refractivity contribution is -0.116. The first-order valence-corrected chi connectivity index (χ1v) is 11.6. The van der Waals surface area contributed by atoms with E-state index in [1.54, 1.807) is 24.3 Å². The minimum absolute atomic E-state index is 0.0440. The summed E-state index contributed by atoms with van der Waals surface area (Å²) in [7, 11) is -4.11. The maximum Gasteiger partial charge on any atom is 0.328 e. The molecule has 3 N–H and O–H groups in total. The summed E-state index contributed by atoms with van der Waals surface area (Å²) in [5, 5.41) is 3.00. The number of carbonyl (C=O) groups is 1. The first-order chi connectivity index (χ1) is 16.2. The fourth-order valence-electron chi connectivity index (χ4n) is 3.40. The second-order valence-electron chi connectivity index (χ2n) is 7.34. The van der Waals surface area contributed by atoms with Gasteiger partial charge in [0.1, 0.15) is 10.7 Å². The van der Waals surface area contributed by atoms with Crippen molar-refractivity contribution in [2.24, 2.45) is 0 Å². The molecule has 34 heavy (non-hydrogen) atoms. The molecule has 4 rings (SSSR count). The van der Waals surface area contributed by atoms with E-state index in [0.29, 0.717) is 16.6 Å². The summed E-state index contributed by atoms with van der Waals surface area (Å²) in [5.41, 5.74) is -0.0874. The van der Waals surface area contributed by atoms with Gasteiger partial charge in [0.15, 0.2) is 0 Å². The molecular weight excluding hydrogens is 463 g/mol. The van der Waals surface area contributed by atoms with Gasteiger partial charge >= 0.3 is 5.69 Å². The Bertz CT molecular complexity index is 1590. The van der Waals surface area contributed by atoms with Crippen molar-refractivity contribution in [3.63, 3.8) is 0 Å². The number of aromatic amines is 1. The summed E-state index contributed by atoms with van der Waals surface area (Å²) in [6, 6.07) is 17.4. The smallest absolute Gasteiger partial charge is 0.326 e. The lowest BCUT2D eigenvalue weighted by atomic mass is 10.2. The molecule has 0 bridgehead atoms. The number of hydrogen-bond donors (Lipinski definition) is 3. The molecule has 3 aromatic carbocycles. The molecule has 0 fully saturated rings. The first-order valence-electron chi connectivity index (χ1n) is 10.1. The van der Waals surface area contributed by atoms with Crippen molar-refractivity contribution in [2.75, 3.05) is 10.0 Å². The molecule has 0 saturated heterocycles. The van der Waals surface area contributed by atoms with Crippen LogP contribution < -0.4 is 21.3 Å². The van der Waals surface area contributed by atoms with Crippen molar-refractivity contribution >= 4 is 38.2 Å². The van der Waals surface area contributed by atoms with Gasteiger partial charge in [-0.2, -0.15) is 0 Å². The number of aryl methyl sites for hydroxylation is 1. The summed E-state index contributed by atoms with van der Waals surface area (Å²) < 4.78 is 42.2. The van der Waals surface area contributed by atoms with Gasteiger partial charge in [-0.15, -0.1) is 0 Å². The number of nitrogens with zero attached hydrogens (tertiary/aromatic N) is 1. The zero-order valence-corrected chi connectivity index (χ0v) is 18.4. The summed E-state index contributed by atoms with van der Waals surface area (Å²) >= 11 is 0. The number of amides is 1. The fourth-order valence-corrected chi connectivity index (χ4v) is 4.53. The third-order valence-corrected chi connectivity index (χ3v) is 6.43. The van der Waals surface area contributed by atoms with Gasteiger partial charge in [-0.1, -0.05) is 24.3 Å². The quantitative estimate of drug-likeness (QED) is 0.373. The number of anilines is 2. The number of halogens is 1. The van der Waals surface area contributed by atoms with Crippen LogP contribution in [0.3, 0.4) is 0 Å². The average Bonchev–Trinajstić information content (AvgIpc) is 2.80. The fraction of sp³-hybridized carbons (Fsp3) is 0.0870. The third kappa shape index (κ3) is 4.89. The van der Waals surface area contributed by atoms with Crippen molar-refractivity contribution in [1.29, 1.82) is 0 Å². The summed E-state index contributed by atoms with van der Waals surface area (Å²) in [6.07, 6.45) is -0.0440. The zero-order valence-electron chi connectivity index (χ0n) is 17.6. The van der Waals surface area contributed by atoms with Crippen LogP contribution in [0.5, 0.6) is 0 Å². The van der Waals surface area contributed by atoms with Crippen LogP contribution in [-0.2, 0) is 21.4 Å². The Balaban J connectivity index is 1.41. The molecule has 174 valence electrons. The van der Waals surface area contributed by atoms with Crippen LogP contribution >= 0.6 is 0 Å². The molecule has 0 atom stereocenters. The Labute approximate surface area is 192 Å². The summed E-state index contributed by atoms with van der Waals surface area (Å²) in [6.45, 7) is 0.0441. The van der Waals surface area contributed by atoms with Crippen LogP contribution in [-0.4, -0.2) is 23.9 Å². The molecule has 11 heteroatoms. The number of benzene rings is 3. The summed E-state index contributed by atoms with van der Waals surface area (Å²) in [5.74, 6) is -1.25. The van der Waals surface area contributed by atoms with Gasteiger partial charge in [0, 0.05) is 24.3 Å². The second kappa shape index (κ2) is 9.32. The molecule has 9 nitrogen and oxygen atoms in total. The minimum atomic E-state index is -4.11. The second-order valence-corrected chi connectivity index (χ2v) is 8.99. The van der Waals surface area contributed by atoms with E-state index >= 15 is 0 Å². The van der Waals surface area contributed by atoms with E-state index in [0.717, 1.165) is 12.1 Å². The minimum Gasteiger partial charge on any atom is -0.326 e. The highest BCUT2D eigenvalue weighted by Crippen LogP contribution is 2.20. The van der Waals surface area contributed by atoms with Crippen LogP contribution in [0.15, 0.2) is 87.3 Å². The number of carbonyl (C=O) groups excluding carboxylic acids is 1. The van der Waals surface area contributed by atoms with Gasteiger partial charge < -0.3 is 5.32 Å². The van der Waals surface area contributed by atoms with Crippen LogP contribution in [0, 0.1) is 5.82 Å². The number of hydrogen-bond acceptors (Lipinski definition) is 5. The lowest BCUT2D eigenvalue weighted by Crippen LogP contribution is -2.31. The maximum atomic E-state index is 13.8. The molecule has 1 aromatic heterocycles. The van der Waals surface area contributed by atoms with Crippen LogP contribution in [0.25, 0.3) is 10.9 Å². The van der Waals surface area contributed by atoms with Gasteiger partial charge in [0.2, 0.25) is 5.91 Å². The Hall–Kier alpha value is -4.25. The Morgan fingerprint density at radius 2 is 1.56 bits per heavy atom. The molecule has 4 aromatic rings. The molecule has 0 saturated carbocycles. The molecule has 0 radical (unpaired) electrons. The third-order valence-electron chi connectivity index (χ3n) is 5.01. The number of aromatic nitrogens is 2. The van der Waals surface area contributed by atoms with E-state index in [2.05, 4.69) is 15.0 Å². The normalized spacial score (nSPS) is 11.3. The van der Waals surface area contributed by atoms with Crippen LogP contribution in [0.2, 0.25) is 0 Å². The molecule has 0 aliphatic carbocycles.